The lowest BCUT2D eigenvalue weighted by Crippen LogP contribution is -2.45. The monoisotopic (exact) mass is 248 g/mol. The molecule has 1 saturated heterocycles. The summed E-state index contributed by atoms with van der Waals surface area (Å²) < 4.78 is 0. The Morgan fingerprint density at radius 2 is 2.17 bits per heavy atom. The molecule has 0 bridgehead atoms. The Kier molecular flexibility index (Phi) is 4.25. The number of hydrogen-bond acceptors (Lipinski definition) is 3. The number of piperidine rings is 1. The van der Waals surface area contributed by atoms with Crippen molar-refractivity contribution in [3.8, 4) is 0 Å². The Morgan fingerprint density at radius 1 is 1.39 bits per heavy atom. The summed E-state index contributed by atoms with van der Waals surface area (Å²) >= 11 is 0. The van der Waals surface area contributed by atoms with Crippen molar-refractivity contribution < 1.29 is 5.11 Å². The second-order valence-electron chi connectivity index (χ2n) is 5.47. The number of aliphatic hydroxyl groups excluding tert-OH is 1. The van der Waals surface area contributed by atoms with Crippen molar-refractivity contribution in [2.24, 2.45) is 0 Å². The van der Waals surface area contributed by atoms with Crippen LogP contribution in [0.2, 0.25) is 0 Å². The maximum Gasteiger partial charge on any atom is 0.0684 e. The predicted molar refractivity (Wildman–Crippen MR) is 76.0 cm³/mol. The highest BCUT2D eigenvalue weighted by Crippen LogP contribution is 2.24. The average molecular weight is 248 g/mol. The zero-order valence-corrected chi connectivity index (χ0v) is 11.7. The molecule has 18 heavy (non-hydrogen) atoms. The quantitative estimate of drug-likeness (QED) is 0.886. The third kappa shape index (κ3) is 2.85. The van der Waals surface area contributed by atoms with Crippen LogP contribution in [0.3, 0.4) is 0 Å². The third-order valence-electron chi connectivity index (χ3n) is 3.99. The second-order valence-corrected chi connectivity index (χ2v) is 5.47. The first-order valence-corrected chi connectivity index (χ1v) is 6.73. The van der Waals surface area contributed by atoms with Crippen LogP contribution in [-0.4, -0.2) is 43.2 Å². The molecule has 0 aliphatic carbocycles. The second kappa shape index (κ2) is 5.72. The summed E-state index contributed by atoms with van der Waals surface area (Å²) in [5.41, 5.74) is 3.50. The number of aryl methyl sites for hydroxylation is 1. The minimum atomic E-state index is 0.131. The van der Waals surface area contributed by atoms with Crippen LogP contribution in [0, 0.1) is 6.92 Å². The molecular formula is C15H24N2O. The van der Waals surface area contributed by atoms with Crippen molar-refractivity contribution in [1.82, 2.24) is 4.90 Å². The van der Waals surface area contributed by atoms with Gasteiger partial charge in [0.1, 0.15) is 0 Å². The Bertz CT molecular complexity index is 403. The summed E-state index contributed by atoms with van der Waals surface area (Å²) in [6.07, 6.45) is 2.54. The predicted octanol–water partition coefficient (Wildman–Crippen LogP) is 2.02. The molecule has 1 aliphatic rings. The number of hydrogen-bond donors (Lipinski definition) is 1. The molecule has 1 unspecified atom stereocenters. The topological polar surface area (TPSA) is 26.7 Å². The van der Waals surface area contributed by atoms with Crippen LogP contribution in [-0.2, 0) is 6.61 Å². The van der Waals surface area contributed by atoms with Crippen molar-refractivity contribution in [2.45, 2.75) is 32.4 Å². The van der Waals surface area contributed by atoms with Gasteiger partial charge in [0.15, 0.2) is 0 Å². The van der Waals surface area contributed by atoms with E-state index >= 15 is 0 Å². The Morgan fingerprint density at radius 3 is 2.78 bits per heavy atom. The van der Waals surface area contributed by atoms with Gasteiger partial charge in [-0.3, -0.25) is 0 Å². The molecule has 1 fully saturated rings. The Balaban J connectivity index is 2.13. The van der Waals surface area contributed by atoms with Gasteiger partial charge >= 0.3 is 0 Å². The fourth-order valence-corrected chi connectivity index (χ4v) is 2.66. The van der Waals surface area contributed by atoms with E-state index in [-0.39, 0.29) is 6.61 Å². The van der Waals surface area contributed by atoms with E-state index in [1.807, 2.05) is 6.07 Å². The van der Waals surface area contributed by atoms with Gasteiger partial charge in [0.25, 0.3) is 0 Å². The van der Waals surface area contributed by atoms with Gasteiger partial charge in [0.2, 0.25) is 0 Å². The summed E-state index contributed by atoms with van der Waals surface area (Å²) in [7, 11) is 4.32. The number of aliphatic hydroxyl groups is 1. The third-order valence-corrected chi connectivity index (χ3v) is 3.99. The van der Waals surface area contributed by atoms with E-state index in [9.17, 15) is 5.11 Å². The molecule has 1 heterocycles. The van der Waals surface area contributed by atoms with Crippen LogP contribution in [0.15, 0.2) is 18.2 Å². The minimum Gasteiger partial charge on any atom is -0.392 e. The summed E-state index contributed by atoms with van der Waals surface area (Å²) in [5.74, 6) is 0. The first-order chi connectivity index (χ1) is 8.61. The molecule has 3 heteroatoms. The normalized spacial score (nSPS) is 20.5. The average Bonchev–Trinajstić information content (AvgIpc) is 2.38. The minimum absolute atomic E-state index is 0.131. The largest absolute Gasteiger partial charge is 0.392 e. The molecule has 0 amide bonds. The van der Waals surface area contributed by atoms with Crippen LogP contribution < -0.4 is 4.90 Å². The number of rotatable bonds is 3. The van der Waals surface area contributed by atoms with Crippen LogP contribution in [0.5, 0.6) is 0 Å². The summed E-state index contributed by atoms with van der Waals surface area (Å²) in [5, 5.41) is 9.21. The van der Waals surface area contributed by atoms with Crippen molar-refractivity contribution in [3.05, 3.63) is 29.3 Å². The molecule has 0 saturated carbocycles. The number of likely N-dealkylation sites (N-methyl/N-ethyl adjacent to an activating group) is 1. The van der Waals surface area contributed by atoms with Gasteiger partial charge in [-0.05, 0) is 57.1 Å². The van der Waals surface area contributed by atoms with Gasteiger partial charge in [0.05, 0.1) is 6.61 Å². The van der Waals surface area contributed by atoms with E-state index in [1.54, 1.807) is 0 Å². The molecule has 2 rings (SSSR count). The molecule has 0 spiro atoms. The highest BCUT2D eigenvalue weighted by atomic mass is 16.3. The summed E-state index contributed by atoms with van der Waals surface area (Å²) in [6, 6.07) is 7.03. The van der Waals surface area contributed by atoms with E-state index < -0.39 is 0 Å². The SMILES string of the molecule is Cc1cc(N2CCCC(N(C)C)C2)ccc1CO. The molecular weight excluding hydrogens is 224 g/mol. The van der Waals surface area contributed by atoms with Crippen molar-refractivity contribution in [1.29, 1.82) is 0 Å². The van der Waals surface area contributed by atoms with Crippen molar-refractivity contribution in [3.63, 3.8) is 0 Å². The number of benzene rings is 1. The van der Waals surface area contributed by atoms with Gasteiger partial charge in [-0.1, -0.05) is 6.07 Å². The van der Waals surface area contributed by atoms with E-state index in [1.165, 1.54) is 24.1 Å². The first kappa shape index (κ1) is 13.4. The fraction of sp³-hybridized carbons (Fsp3) is 0.600. The molecule has 3 nitrogen and oxygen atoms in total. The molecule has 100 valence electrons. The van der Waals surface area contributed by atoms with Crippen molar-refractivity contribution >= 4 is 5.69 Å². The zero-order chi connectivity index (χ0) is 13.1. The van der Waals surface area contributed by atoms with E-state index in [0.717, 1.165) is 18.7 Å². The molecule has 1 aromatic carbocycles. The Hall–Kier alpha value is -1.06. The molecule has 1 atom stereocenters. The fourth-order valence-electron chi connectivity index (χ4n) is 2.66. The van der Waals surface area contributed by atoms with E-state index in [2.05, 4.69) is 43.0 Å². The standard InChI is InChI=1S/C15H24N2O/c1-12-9-14(7-6-13(12)11-18)17-8-4-5-15(10-17)16(2)3/h6-7,9,15,18H,4-5,8,10-11H2,1-3H3. The lowest BCUT2D eigenvalue weighted by atomic mass is 10.0. The van der Waals surface area contributed by atoms with Gasteiger partial charge < -0.3 is 14.9 Å². The smallest absolute Gasteiger partial charge is 0.0684 e. The molecule has 1 aromatic rings. The van der Waals surface area contributed by atoms with Gasteiger partial charge in [0, 0.05) is 24.8 Å². The zero-order valence-electron chi connectivity index (χ0n) is 11.7. The maximum atomic E-state index is 9.21. The van der Waals surface area contributed by atoms with E-state index in [0.29, 0.717) is 6.04 Å². The highest BCUT2D eigenvalue weighted by molar-refractivity contribution is 5.51. The first-order valence-electron chi connectivity index (χ1n) is 6.73. The number of nitrogens with zero attached hydrogens (tertiary/aromatic N) is 2. The van der Waals surface area contributed by atoms with Crippen molar-refractivity contribution in [2.75, 3.05) is 32.1 Å². The van der Waals surface area contributed by atoms with Gasteiger partial charge in [-0.2, -0.15) is 0 Å². The van der Waals surface area contributed by atoms with Crippen LogP contribution in [0.1, 0.15) is 24.0 Å². The molecule has 0 aromatic heterocycles. The Labute approximate surface area is 110 Å². The summed E-state index contributed by atoms with van der Waals surface area (Å²) in [6.45, 7) is 4.45. The van der Waals surface area contributed by atoms with E-state index in [4.69, 9.17) is 0 Å². The lowest BCUT2D eigenvalue weighted by molar-refractivity contribution is 0.258. The molecule has 1 N–H and O–H groups in total. The molecule has 1 aliphatic heterocycles. The highest BCUT2D eigenvalue weighted by Gasteiger charge is 2.21. The molecule has 0 radical (unpaired) electrons. The van der Waals surface area contributed by atoms with Crippen LogP contribution in [0.25, 0.3) is 0 Å². The van der Waals surface area contributed by atoms with Gasteiger partial charge in [-0.25, -0.2) is 0 Å². The maximum absolute atomic E-state index is 9.21. The van der Waals surface area contributed by atoms with Gasteiger partial charge in [-0.15, -0.1) is 0 Å². The van der Waals surface area contributed by atoms with Crippen LogP contribution in [0.4, 0.5) is 5.69 Å². The summed E-state index contributed by atoms with van der Waals surface area (Å²) in [4.78, 5) is 4.78. The van der Waals surface area contributed by atoms with Crippen LogP contribution >= 0.6 is 0 Å². The lowest BCUT2D eigenvalue weighted by Gasteiger charge is -2.37. The number of anilines is 1.